The lowest BCUT2D eigenvalue weighted by Gasteiger charge is -2.26. The molecule has 1 unspecified atom stereocenters. The number of nitriles is 2. The minimum Gasteiger partial charge on any atom is -0.426 e. The second-order valence-corrected chi connectivity index (χ2v) is 10.2. The number of sulfonamides is 1. The van der Waals surface area contributed by atoms with Gasteiger partial charge in [-0.05, 0) is 31.0 Å². The minimum atomic E-state index is -3.89. The third kappa shape index (κ3) is 8.43. The summed E-state index contributed by atoms with van der Waals surface area (Å²) >= 11 is 1.40. The summed E-state index contributed by atoms with van der Waals surface area (Å²) in [6, 6.07) is 7.68. The standard InChI is InChI=1S/C21H25N5O7S2/c1-14(27)32-15(2)33-21(29)25-19(20(28)26-13-34-12-17(26)11-23)7-4-8-24-35(30,31)18-6-3-5-16(9-18)10-22/h3,5-6,9,15,17,19,24H,4,7-8,12-13H2,1-2H3,(H,25,29)/t15?,17-,19+/m1/s1. The van der Waals surface area contributed by atoms with E-state index in [9.17, 15) is 28.1 Å². The highest BCUT2D eigenvalue weighted by Gasteiger charge is 2.34. The number of rotatable bonds is 10. The number of nitrogens with one attached hydrogen (secondary N) is 2. The van der Waals surface area contributed by atoms with E-state index in [1.165, 1.54) is 47.9 Å². The summed E-state index contributed by atoms with van der Waals surface area (Å²) in [7, 11) is -3.89. The van der Waals surface area contributed by atoms with Crippen molar-refractivity contribution in [1.82, 2.24) is 14.9 Å². The minimum absolute atomic E-state index is 0.0376. The van der Waals surface area contributed by atoms with Gasteiger partial charge in [0, 0.05) is 26.1 Å². The number of amides is 2. The predicted octanol–water partition coefficient (Wildman–Crippen LogP) is 1.05. The van der Waals surface area contributed by atoms with Gasteiger partial charge in [0.2, 0.25) is 22.2 Å². The molecule has 2 amide bonds. The van der Waals surface area contributed by atoms with Gasteiger partial charge in [-0.25, -0.2) is 17.9 Å². The summed E-state index contributed by atoms with van der Waals surface area (Å²) in [5, 5.41) is 20.7. The predicted molar refractivity (Wildman–Crippen MR) is 124 cm³/mol. The van der Waals surface area contributed by atoms with E-state index in [0.29, 0.717) is 5.75 Å². The van der Waals surface area contributed by atoms with E-state index in [2.05, 4.69) is 10.0 Å². The molecule has 0 bridgehead atoms. The van der Waals surface area contributed by atoms with Crippen LogP contribution in [0, 0.1) is 22.7 Å². The second kappa shape index (κ2) is 12.9. The number of alkyl carbamates (subject to hydrolysis) is 1. The molecule has 35 heavy (non-hydrogen) atoms. The van der Waals surface area contributed by atoms with Crippen molar-refractivity contribution in [1.29, 1.82) is 10.5 Å². The van der Waals surface area contributed by atoms with Crippen molar-refractivity contribution >= 4 is 39.8 Å². The molecule has 12 nitrogen and oxygen atoms in total. The fourth-order valence-electron chi connectivity index (χ4n) is 3.14. The van der Waals surface area contributed by atoms with Gasteiger partial charge in [0.05, 0.1) is 28.5 Å². The van der Waals surface area contributed by atoms with Gasteiger partial charge < -0.3 is 19.7 Å². The van der Waals surface area contributed by atoms with Crippen LogP contribution in [0.15, 0.2) is 29.2 Å². The molecule has 0 radical (unpaired) electrons. The van der Waals surface area contributed by atoms with Gasteiger partial charge >= 0.3 is 12.1 Å². The molecular weight excluding hydrogens is 498 g/mol. The molecule has 1 aromatic rings. The molecule has 2 rings (SSSR count). The Labute approximate surface area is 207 Å². The van der Waals surface area contributed by atoms with Gasteiger partial charge in [-0.2, -0.15) is 10.5 Å². The fraction of sp³-hybridized carbons (Fsp3) is 0.476. The van der Waals surface area contributed by atoms with Crippen LogP contribution in [0.3, 0.4) is 0 Å². The highest BCUT2D eigenvalue weighted by molar-refractivity contribution is 7.99. The first-order valence-electron chi connectivity index (χ1n) is 10.5. The number of nitrogens with zero attached hydrogens (tertiary/aromatic N) is 3. The maximum Gasteiger partial charge on any atom is 0.410 e. The molecule has 1 saturated heterocycles. The van der Waals surface area contributed by atoms with Crippen LogP contribution in [-0.2, 0) is 29.1 Å². The molecule has 0 aromatic heterocycles. The summed E-state index contributed by atoms with van der Waals surface area (Å²) < 4.78 is 37.0. The Hall–Kier alpha value is -3.33. The topological polar surface area (TPSA) is 179 Å². The average molecular weight is 524 g/mol. The highest BCUT2D eigenvalue weighted by Crippen LogP contribution is 2.22. The van der Waals surface area contributed by atoms with Gasteiger partial charge in [0.15, 0.2) is 0 Å². The second-order valence-electron chi connectivity index (χ2n) is 7.41. The molecule has 0 saturated carbocycles. The molecule has 3 atom stereocenters. The first-order valence-corrected chi connectivity index (χ1v) is 13.1. The van der Waals surface area contributed by atoms with Crippen LogP contribution >= 0.6 is 11.8 Å². The van der Waals surface area contributed by atoms with E-state index in [1.54, 1.807) is 0 Å². The van der Waals surface area contributed by atoms with Crippen molar-refractivity contribution in [2.24, 2.45) is 0 Å². The van der Waals surface area contributed by atoms with E-state index in [0.717, 1.165) is 6.92 Å². The van der Waals surface area contributed by atoms with Crippen molar-refractivity contribution in [3.05, 3.63) is 29.8 Å². The van der Waals surface area contributed by atoms with Crippen LogP contribution < -0.4 is 10.0 Å². The van der Waals surface area contributed by atoms with Crippen molar-refractivity contribution in [2.45, 2.75) is 50.0 Å². The van der Waals surface area contributed by atoms with Crippen LogP contribution in [0.25, 0.3) is 0 Å². The van der Waals surface area contributed by atoms with Crippen LogP contribution in [0.4, 0.5) is 4.79 Å². The number of carbonyl (C=O) groups is 3. The van der Waals surface area contributed by atoms with E-state index in [1.807, 2.05) is 12.1 Å². The number of ether oxygens (including phenoxy) is 2. The van der Waals surface area contributed by atoms with E-state index < -0.39 is 46.4 Å². The maximum atomic E-state index is 13.0. The van der Waals surface area contributed by atoms with Crippen LogP contribution in [-0.4, -0.2) is 67.8 Å². The van der Waals surface area contributed by atoms with Gasteiger partial charge in [-0.3, -0.25) is 9.59 Å². The molecular formula is C21H25N5O7S2. The van der Waals surface area contributed by atoms with Gasteiger partial charge in [-0.15, -0.1) is 11.8 Å². The molecule has 14 heteroatoms. The Bertz CT molecular complexity index is 1130. The quantitative estimate of drug-likeness (QED) is 0.256. The average Bonchev–Trinajstić information content (AvgIpc) is 3.29. The summed E-state index contributed by atoms with van der Waals surface area (Å²) in [5.41, 5.74) is 0.194. The SMILES string of the molecule is CC(=O)OC(C)OC(=O)N[C@@H](CCCNS(=O)(=O)c1cccc(C#N)c1)C(=O)N1CSC[C@H]1C#N. The molecule has 1 heterocycles. The molecule has 1 aliphatic heterocycles. The van der Waals surface area contributed by atoms with Gasteiger partial charge in [0.1, 0.15) is 12.1 Å². The molecule has 2 N–H and O–H groups in total. The molecule has 0 aliphatic carbocycles. The van der Waals surface area contributed by atoms with E-state index in [4.69, 9.17) is 14.7 Å². The number of benzene rings is 1. The summed E-state index contributed by atoms with van der Waals surface area (Å²) in [6.07, 6.45) is -2.00. The molecule has 1 aromatic carbocycles. The fourth-order valence-corrected chi connectivity index (χ4v) is 5.34. The monoisotopic (exact) mass is 523 g/mol. The molecule has 0 spiro atoms. The lowest BCUT2D eigenvalue weighted by molar-refractivity contribution is -0.162. The van der Waals surface area contributed by atoms with Crippen LogP contribution in [0.1, 0.15) is 32.3 Å². The summed E-state index contributed by atoms with van der Waals surface area (Å²) in [5.74, 6) is -0.458. The number of hydrogen-bond donors (Lipinski definition) is 2. The Morgan fingerprint density at radius 3 is 2.69 bits per heavy atom. The first-order chi connectivity index (χ1) is 16.6. The maximum absolute atomic E-state index is 13.0. The van der Waals surface area contributed by atoms with E-state index in [-0.39, 0.29) is 35.7 Å². The third-order valence-electron chi connectivity index (χ3n) is 4.74. The lowest BCUT2D eigenvalue weighted by atomic mass is 10.1. The Balaban J connectivity index is 2.02. The highest BCUT2D eigenvalue weighted by atomic mass is 32.2. The summed E-state index contributed by atoms with van der Waals surface area (Å²) in [6.45, 7) is 2.42. The zero-order valence-corrected chi connectivity index (χ0v) is 20.7. The zero-order chi connectivity index (χ0) is 26.0. The van der Waals surface area contributed by atoms with Crippen molar-refractivity contribution in [3.8, 4) is 12.1 Å². The number of esters is 1. The first kappa shape index (κ1) is 27.9. The number of hydrogen-bond acceptors (Lipinski definition) is 10. The largest absolute Gasteiger partial charge is 0.426 e. The zero-order valence-electron chi connectivity index (χ0n) is 19.1. The normalized spacial score (nSPS) is 16.9. The molecule has 188 valence electrons. The molecule has 1 aliphatic rings. The Kier molecular flexibility index (Phi) is 10.3. The Morgan fingerprint density at radius 2 is 2.03 bits per heavy atom. The van der Waals surface area contributed by atoms with Crippen molar-refractivity contribution in [3.63, 3.8) is 0 Å². The van der Waals surface area contributed by atoms with E-state index >= 15 is 0 Å². The van der Waals surface area contributed by atoms with Crippen LogP contribution in [0.2, 0.25) is 0 Å². The van der Waals surface area contributed by atoms with Gasteiger partial charge in [-0.1, -0.05) is 6.07 Å². The lowest BCUT2D eigenvalue weighted by Crippen LogP contribution is -2.50. The third-order valence-corrected chi connectivity index (χ3v) is 7.22. The summed E-state index contributed by atoms with van der Waals surface area (Å²) in [4.78, 5) is 37.5. The van der Waals surface area contributed by atoms with Crippen molar-refractivity contribution < 1.29 is 32.3 Å². The van der Waals surface area contributed by atoms with Crippen LogP contribution in [0.5, 0.6) is 0 Å². The number of carbonyl (C=O) groups excluding carboxylic acids is 3. The Morgan fingerprint density at radius 1 is 1.29 bits per heavy atom. The molecule has 1 fully saturated rings. The van der Waals surface area contributed by atoms with Gasteiger partial charge in [0.25, 0.3) is 0 Å². The smallest absolute Gasteiger partial charge is 0.410 e. The van der Waals surface area contributed by atoms with Crippen molar-refractivity contribution in [2.75, 3.05) is 18.2 Å². The number of thioether (sulfide) groups is 1.